The summed E-state index contributed by atoms with van der Waals surface area (Å²) >= 11 is 5.93. The van der Waals surface area contributed by atoms with Gasteiger partial charge < -0.3 is 9.51 Å². The summed E-state index contributed by atoms with van der Waals surface area (Å²) in [5, 5.41) is 9.38. The predicted octanol–water partition coefficient (Wildman–Crippen LogP) is 1.89. The minimum absolute atomic E-state index is 0.261. The van der Waals surface area contributed by atoms with Gasteiger partial charge in [-0.1, -0.05) is 11.6 Å². The van der Waals surface area contributed by atoms with Crippen LogP contribution in [-0.2, 0) is 11.3 Å². The van der Waals surface area contributed by atoms with Gasteiger partial charge in [0.15, 0.2) is 0 Å². The van der Waals surface area contributed by atoms with Gasteiger partial charge in [0.2, 0.25) is 0 Å². The number of fused-ring (bicyclic) bond motifs is 1. The standard InChI is InChI=1S/C13H14ClN3O2/c14-10-1-2-12-15-11(8-17(12)6-10)7-16-4-9(5-16)3-13(18)19/h1-2,6,8-9H,3-5,7H2,(H,18,19). The second-order valence-corrected chi connectivity index (χ2v) is 5.44. The molecule has 1 N–H and O–H groups in total. The van der Waals surface area contributed by atoms with E-state index in [-0.39, 0.29) is 12.3 Å². The molecule has 1 saturated heterocycles. The Morgan fingerprint density at radius 1 is 1.42 bits per heavy atom. The highest BCUT2D eigenvalue weighted by molar-refractivity contribution is 6.30. The lowest BCUT2D eigenvalue weighted by atomic mass is 9.96. The first-order valence-electron chi connectivity index (χ1n) is 6.17. The second kappa shape index (κ2) is 4.83. The monoisotopic (exact) mass is 279 g/mol. The minimum atomic E-state index is -0.716. The van der Waals surface area contributed by atoms with Crippen LogP contribution in [0, 0.1) is 5.92 Å². The average Bonchev–Trinajstić information content (AvgIpc) is 2.67. The van der Waals surface area contributed by atoms with Crippen molar-refractivity contribution in [1.82, 2.24) is 14.3 Å². The van der Waals surface area contributed by atoms with E-state index in [1.54, 1.807) is 0 Å². The van der Waals surface area contributed by atoms with Crippen molar-refractivity contribution in [2.45, 2.75) is 13.0 Å². The maximum atomic E-state index is 10.6. The molecule has 5 nitrogen and oxygen atoms in total. The Morgan fingerprint density at radius 3 is 2.95 bits per heavy atom. The normalized spacial score (nSPS) is 16.7. The fourth-order valence-corrected chi connectivity index (χ4v) is 2.67. The summed E-state index contributed by atoms with van der Waals surface area (Å²) in [5.41, 5.74) is 1.86. The zero-order chi connectivity index (χ0) is 13.4. The Labute approximate surface area is 115 Å². The largest absolute Gasteiger partial charge is 0.481 e. The molecule has 19 heavy (non-hydrogen) atoms. The lowest BCUT2D eigenvalue weighted by Crippen LogP contribution is -2.46. The van der Waals surface area contributed by atoms with Gasteiger partial charge in [0.05, 0.1) is 17.1 Å². The van der Waals surface area contributed by atoms with Gasteiger partial charge in [-0.3, -0.25) is 9.69 Å². The second-order valence-electron chi connectivity index (χ2n) is 5.00. The van der Waals surface area contributed by atoms with Gasteiger partial charge in [-0.2, -0.15) is 0 Å². The number of aliphatic carboxylic acids is 1. The van der Waals surface area contributed by atoms with E-state index < -0.39 is 5.97 Å². The van der Waals surface area contributed by atoms with Gasteiger partial charge >= 0.3 is 5.97 Å². The van der Waals surface area contributed by atoms with E-state index in [4.69, 9.17) is 16.7 Å². The van der Waals surface area contributed by atoms with E-state index in [9.17, 15) is 4.79 Å². The minimum Gasteiger partial charge on any atom is -0.481 e. The van der Waals surface area contributed by atoms with Crippen LogP contribution in [0.2, 0.25) is 5.02 Å². The van der Waals surface area contributed by atoms with E-state index >= 15 is 0 Å². The summed E-state index contributed by atoms with van der Waals surface area (Å²) in [7, 11) is 0. The number of hydrogen-bond acceptors (Lipinski definition) is 3. The van der Waals surface area contributed by atoms with Crippen molar-refractivity contribution < 1.29 is 9.90 Å². The first-order chi connectivity index (χ1) is 9.10. The van der Waals surface area contributed by atoms with Crippen molar-refractivity contribution in [3.8, 4) is 0 Å². The lowest BCUT2D eigenvalue weighted by Gasteiger charge is -2.38. The molecule has 0 spiro atoms. The molecule has 0 unspecified atom stereocenters. The SMILES string of the molecule is O=C(O)CC1CN(Cc2cn3cc(Cl)ccc3n2)C1. The Kier molecular flexibility index (Phi) is 3.16. The van der Waals surface area contributed by atoms with Crippen LogP contribution in [0.25, 0.3) is 5.65 Å². The molecule has 6 heteroatoms. The molecule has 0 saturated carbocycles. The van der Waals surface area contributed by atoms with Crippen LogP contribution in [0.1, 0.15) is 12.1 Å². The summed E-state index contributed by atoms with van der Waals surface area (Å²) in [6, 6.07) is 3.70. The highest BCUT2D eigenvalue weighted by Crippen LogP contribution is 2.21. The fourth-order valence-electron chi connectivity index (χ4n) is 2.50. The topological polar surface area (TPSA) is 57.8 Å². The number of aromatic nitrogens is 2. The zero-order valence-electron chi connectivity index (χ0n) is 10.3. The van der Waals surface area contributed by atoms with E-state index in [0.29, 0.717) is 5.02 Å². The van der Waals surface area contributed by atoms with E-state index in [2.05, 4.69) is 9.88 Å². The lowest BCUT2D eigenvalue weighted by molar-refractivity contribution is -0.139. The first-order valence-corrected chi connectivity index (χ1v) is 6.55. The van der Waals surface area contributed by atoms with Gasteiger partial charge in [-0.05, 0) is 18.1 Å². The molecule has 3 rings (SSSR count). The summed E-state index contributed by atoms with van der Waals surface area (Å²) in [4.78, 5) is 17.3. The molecule has 1 fully saturated rings. The summed E-state index contributed by atoms with van der Waals surface area (Å²) in [6.45, 7) is 2.43. The van der Waals surface area contributed by atoms with Crippen molar-refractivity contribution in [3.05, 3.63) is 35.2 Å². The molecule has 0 aromatic carbocycles. The highest BCUT2D eigenvalue weighted by Gasteiger charge is 2.28. The quantitative estimate of drug-likeness (QED) is 0.929. The van der Waals surface area contributed by atoms with E-state index in [0.717, 1.165) is 31.0 Å². The van der Waals surface area contributed by atoms with Gasteiger partial charge in [0, 0.05) is 32.0 Å². The third-order valence-corrected chi connectivity index (χ3v) is 3.57. The molecule has 0 radical (unpaired) electrons. The molecule has 1 aliphatic rings. The molecule has 2 aromatic heterocycles. The molecule has 0 bridgehead atoms. The maximum Gasteiger partial charge on any atom is 0.303 e. The number of carboxylic acids is 1. The van der Waals surface area contributed by atoms with Crippen LogP contribution in [0.5, 0.6) is 0 Å². The van der Waals surface area contributed by atoms with E-state index in [1.165, 1.54) is 0 Å². The molecule has 100 valence electrons. The zero-order valence-corrected chi connectivity index (χ0v) is 11.0. The van der Waals surface area contributed by atoms with Crippen LogP contribution >= 0.6 is 11.6 Å². The number of halogens is 1. The maximum absolute atomic E-state index is 10.6. The molecule has 0 aliphatic carbocycles. The van der Waals surface area contributed by atoms with Crippen LogP contribution in [0.15, 0.2) is 24.5 Å². The predicted molar refractivity (Wildman–Crippen MR) is 71.2 cm³/mol. The number of likely N-dealkylation sites (tertiary alicyclic amines) is 1. The average molecular weight is 280 g/mol. The Bertz CT molecular complexity index is 619. The number of imidazole rings is 1. The van der Waals surface area contributed by atoms with Crippen LogP contribution < -0.4 is 0 Å². The number of carboxylic acid groups (broad SMARTS) is 1. The van der Waals surface area contributed by atoms with Gasteiger partial charge in [-0.25, -0.2) is 4.98 Å². The molecule has 1 aliphatic heterocycles. The Balaban J connectivity index is 1.62. The molecule has 0 amide bonds. The van der Waals surface area contributed by atoms with Crippen LogP contribution in [-0.4, -0.2) is 38.4 Å². The Morgan fingerprint density at radius 2 is 2.21 bits per heavy atom. The van der Waals surface area contributed by atoms with Crippen LogP contribution in [0.3, 0.4) is 0 Å². The number of nitrogens with zero attached hydrogens (tertiary/aromatic N) is 3. The van der Waals surface area contributed by atoms with Gasteiger partial charge in [-0.15, -0.1) is 0 Å². The van der Waals surface area contributed by atoms with E-state index in [1.807, 2.05) is 28.9 Å². The van der Waals surface area contributed by atoms with Crippen molar-refractivity contribution in [3.63, 3.8) is 0 Å². The first kappa shape index (κ1) is 12.4. The molecule has 2 aromatic rings. The molecular weight excluding hydrogens is 266 g/mol. The number of carbonyl (C=O) groups is 1. The Hall–Kier alpha value is -1.59. The van der Waals surface area contributed by atoms with Gasteiger partial charge in [0.25, 0.3) is 0 Å². The summed E-state index contributed by atoms with van der Waals surface area (Å²) in [5.74, 6) is -0.434. The molecular formula is C13H14ClN3O2. The van der Waals surface area contributed by atoms with Crippen molar-refractivity contribution in [1.29, 1.82) is 0 Å². The molecule has 0 atom stereocenters. The number of pyridine rings is 1. The third-order valence-electron chi connectivity index (χ3n) is 3.35. The number of hydrogen-bond donors (Lipinski definition) is 1. The van der Waals surface area contributed by atoms with Crippen molar-refractivity contribution in [2.75, 3.05) is 13.1 Å². The summed E-state index contributed by atoms with van der Waals surface area (Å²) < 4.78 is 1.91. The van der Waals surface area contributed by atoms with Crippen LogP contribution in [0.4, 0.5) is 0 Å². The summed E-state index contributed by atoms with van der Waals surface area (Å²) in [6.07, 6.45) is 4.06. The van der Waals surface area contributed by atoms with Crippen molar-refractivity contribution >= 4 is 23.2 Å². The fraction of sp³-hybridized carbons (Fsp3) is 0.385. The third kappa shape index (κ3) is 2.72. The highest BCUT2D eigenvalue weighted by atomic mass is 35.5. The molecule has 3 heterocycles. The smallest absolute Gasteiger partial charge is 0.303 e. The number of rotatable bonds is 4. The van der Waals surface area contributed by atoms with Crippen molar-refractivity contribution in [2.24, 2.45) is 5.92 Å². The van der Waals surface area contributed by atoms with Gasteiger partial charge in [0.1, 0.15) is 5.65 Å².